The Morgan fingerprint density at radius 3 is 2.58 bits per heavy atom. The van der Waals surface area contributed by atoms with Crippen LogP contribution in [0.2, 0.25) is 5.02 Å². The third-order valence-electron chi connectivity index (χ3n) is 4.18. The number of carboxylic acids is 1. The number of aromatic carboxylic acids is 1. The first-order chi connectivity index (χ1) is 9.08. The van der Waals surface area contributed by atoms with Crippen LogP contribution in [0.5, 0.6) is 0 Å². The molecule has 2 aliphatic rings. The first-order valence-corrected chi connectivity index (χ1v) is 6.79. The van der Waals surface area contributed by atoms with Crippen molar-refractivity contribution in [3.63, 3.8) is 0 Å². The molecule has 3 rings (SSSR count). The van der Waals surface area contributed by atoms with Gasteiger partial charge in [-0.3, -0.25) is 4.79 Å². The number of hydrogen-bond acceptors (Lipinski definition) is 2. The van der Waals surface area contributed by atoms with E-state index in [1.165, 1.54) is 12.5 Å². The summed E-state index contributed by atoms with van der Waals surface area (Å²) in [5, 5.41) is 12.2. The van der Waals surface area contributed by atoms with Crippen LogP contribution in [0, 0.1) is 17.8 Å². The van der Waals surface area contributed by atoms with Crippen molar-refractivity contribution in [2.45, 2.75) is 19.3 Å². The molecule has 0 aromatic heterocycles. The van der Waals surface area contributed by atoms with Crippen LogP contribution >= 0.6 is 11.6 Å². The molecule has 2 N–H and O–H groups in total. The summed E-state index contributed by atoms with van der Waals surface area (Å²) >= 11 is 5.77. The zero-order valence-electron chi connectivity index (χ0n) is 10.2. The minimum absolute atomic E-state index is 0.0339. The van der Waals surface area contributed by atoms with Gasteiger partial charge >= 0.3 is 5.97 Å². The summed E-state index contributed by atoms with van der Waals surface area (Å²) in [4.78, 5) is 23.2. The maximum absolute atomic E-state index is 12.1. The molecule has 2 saturated carbocycles. The summed E-state index contributed by atoms with van der Waals surface area (Å²) in [7, 11) is 0. The molecule has 1 aromatic rings. The van der Waals surface area contributed by atoms with Gasteiger partial charge in [0.15, 0.2) is 0 Å². The van der Waals surface area contributed by atoms with E-state index < -0.39 is 5.97 Å². The number of hydrogen-bond donors (Lipinski definition) is 2. The van der Waals surface area contributed by atoms with Crippen LogP contribution in [0.1, 0.15) is 29.6 Å². The number of carboxylic acid groups (broad SMARTS) is 1. The highest BCUT2D eigenvalue weighted by atomic mass is 35.5. The summed E-state index contributed by atoms with van der Waals surface area (Å²) in [6.07, 6.45) is 3.45. The van der Waals surface area contributed by atoms with Crippen molar-refractivity contribution in [1.82, 2.24) is 0 Å². The van der Waals surface area contributed by atoms with E-state index in [9.17, 15) is 9.59 Å². The minimum Gasteiger partial charge on any atom is -0.478 e. The van der Waals surface area contributed by atoms with Gasteiger partial charge in [0.25, 0.3) is 0 Å². The van der Waals surface area contributed by atoms with Crippen molar-refractivity contribution < 1.29 is 14.7 Å². The zero-order valence-corrected chi connectivity index (χ0v) is 11.0. The Morgan fingerprint density at radius 1 is 1.26 bits per heavy atom. The molecule has 2 aliphatic carbocycles. The van der Waals surface area contributed by atoms with Crippen LogP contribution in [0.3, 0.4) is 0 Å². The topological polar surface area (TPSA) is 66.4 Å². The number of rotatable bonds is 3. The van der Waals surface area contributed by atoms with E-state index in [1.54, 1.807) is 12.1 Å². The first kappa shape index (κ1) is 12.5. The zero-order chi connectivity index (χ0) is 13.6. The lowest BCUT2D eigenvalue weighted by molar-refractivity contribution is -0.118. The van der Waals surface area contributed by atoms with Gasteiger partial charge in [0.1, 0.15) is 0 Å². The number of halogens is 1. The molecule has 0 spiro atoms. The fourth-order valence-electron chi connectivity index (χ4n) is 3.23. The van der Waals surface area contributed by atoms with Crippen molar-refractivity contribution in [3.05, 3.63) is 28.8 Å². The largest absolute Gasteiger partial charge is 0.478 e. The molecular formula is C14H14ClNO3. The van der Waals surface area contributed by atoms with E-state index in [4.69, 9.17) is 16.7 Å². The Bertz CT molecular complexity index is 548. The Morgan fingerprint density at radius 2 is 1.95 bits per heavy atom. The van der Waals surface area contributed by atoms with Gasteiger partial charge in [-0.25, -0.2) is 4.79 Å². The Labute approximate surface area is 115 Å². The smallest absolute Gasteiger partial charge is 0.337 e. The molecule has 0 heterocycles. The lowest BCUT2D eigenvalue weighted by Crippen LogP contribution is -2.18. The number of benzene rings is 1. The van der Waals surface area contributed by atoms with Crippen molar-refractivity contribution in [2.24, 2.45) is 17.8 Å². The monoisotopic (exact) mass is 279 g/mol. The van der Waals surface area contributed by atoms with Crippen LogP contribution in [-0.2, 0) is 4.79 Å². The predicted molar refractivity (Wildman–Crippen MR) is 71.4 cm³/mol. The average molecular weight is 280 g/mol. The molecule has 0 radical (unpaired) electrons. The first-order valence-electron chi connectivity index (χ1n) is 6.41. The van der Waals surface area contributed by atoms with Gasteiger partial charge < -0.3 is 10.4 Å². The van der Waals surface area contributed by atoms with Gasteiger partial charge in [-0.05, 0) is 42.9 Å². The average Bonchev–Trinajstić information content (AvgIpc) is 2.85. The highest BCUT2D eigenvalue weighted by molar-refractivity contribution is 6.31. The quantitative estimate of drug-likeness (QED) is 0.894. The SMILES string of the molecule is O=C(O)c1cc(Cl)ccc1NC(=O)C1C2CCCC21. The molecule has 2 unspecified atom stereocenters. The number of amides is 1. The molecule has 1 aromatic carbocycles. The maximum Gasteiger partial charge on any atom is 0.337 e. The molecule has 19 heavy (non-hydrogen) atoms. The number of fused-ring (bicyclic) bond motifs is 1. The van der Waals surface area contributed by atoms with Crippen LogP contribution in [0.4, 0.5) is 5.69 Å². The minimum atomic E-state index is -1.09. The van der Waals surface area contributed by atoms with Crippen molar-refractivity contribution >= 4 is 29.2 Å². The van der Waals surface area contributed by atoms with Crippen LogP contribution < -0.4 is 5.32 Å². The molecule has 0 aliphatic heterocycles. The number of carbonyl (C=O) groups excluding carboxylic acids is 1. The van der Waals surface area contributed by atoms with Crippen LogP contribution in [0.15, 0.2) is 18.2 Å². The summed E-state index contributed by atoms with van der Waals surface area (Å²) in [5.41, 5.74) is 0.360. The molecule has 0 saturated heterocycles. The lowest BCUT2D eigenvalue weighted by Gasteiger charge is -2.09. The third kappa shape index (κ3) is 2.21. The summed E-state index contributed by atoms with van der Waals surface area (Å²) < 4.78 is 0. The Kier molecular flexibility index (Phi) is 2.97. The van der Waals surface area contributed by atoms with Gasteiger partial charge in [0.05, 0.1) is 11.3 Å². The van der Waals surface area contributed by atoms with E-state index in [1.807, 2.05) is 0 Å². The van der Waals surface area contributed by atoms with Gasteiger partial charge in [-0.15, -0.1) is 0 Å². The van der Waals surface area contributed by atoms with Crippen LogP contribution in [0.25, 0.3) is 0 Å². The summed E-state index contributed by atoms with van der Waals surface area (Å²) in [5.74, 6) is -0.0412. The standard InChI is InChI=1S/C14H14ClNO3/c15-7-4-5-11(10(6-7)14(18)19)16-13(17)12-8-2-1-3-9(8)12/h4-6,8-9,12H,1-3H2,(H,16,17)(H,18,19). The second kappa shape index (κ2) is 4.53. The number of anilines is 1. The normalized spacial score (nSPS) is 27.7. The molecule has 0 bridgehead atoms. The van der Waals surface area contributed by atoms with Crippen molar-refractivity contribution in [3.8, 4) is 0 Å². The van der Waals surface area contributed by atoms with Crippen molar-refractivity contribution in [1.29, 1.82) is 0 Å². The third-order valence-corrected chi connectivity index (χ3v) is 4.41. The molecule has 5 heteroatoms. The molecular weight excluding hydrogens is 266 g/mol. The second-order valence-corrected chi connectivity index (χ2v) is 5.71. The van der Waals surface area contributed by atoms with E-state index in [0.717, 1.165) is 12.8 Å². The molecule has 2 atom stereocenters. The van der Waals surface area contributed by atoms with E-state index >= 15 is 0 Å². The van der Waals surface area contributed by atoms with E-state index in [-0.39, 0.29) is 17.4 Å². The molecule has 1 amide bonds. The van der Waals surface area contributed by atoms with Gasteiger partial charge in [-0.2, -0.15) is 0 Å². The van der Waals surface area contributed by atoms with E-state index in [0.29, 0.717) is 22.5 Å². The Hall–Kier alpha value is -1.55. The van der Waals surface area contributed by atoms with Crippen molar-refractivity contribution in [2.75, 3.05) is 5.32 Å². The molecule has 4 nitrogen and oxygen atoms in total. The highest BCUT2D eigenvalue weighted by Crippen LogP contribution is 2.57. The highest BCUT2D eigenvalue weighted by Gasteiger charge is 2.56. The lowest BCUT2D eigenvalue weighted by atomic mass is 10.1. The Balaban J connectivity index is 1.76. The fraction of sp³-hybridized carbons (Fsp3) is 0.429. The van der Waals surface area contributed by atoms with Gasteiger partial charge in [0, 0.05) is 10.9 Å². The second-order valence-electron chi connectivity index (χ2n) is 5.27. The number of nitrogens with one attached hydrogen (secondary N) is 1. The van der Waals surface area contributed by atoms with Gasteiger partial charge in [-0.1, -0.05) is 18.0 Å². The van der Waals surface area contributed by atoms with Gasteiger partial charge in [0.2, 0.25) is 5.91 Å². The maximum atomic E-state index is 12.1. The number of carbonyl (C=O) groups is 2. The van der Waals surface area contributed by atoms with E-state index in [2.05, 4.69) is 5.32 Å². The van der Waals surface area contributed by atoms with Crippen LogP contribution in [-0.4, -0.2) is 17.0 Å². The fourth-order valence-corrected chi connectivity index (χ4v) is 3.40. The molecule has 2 fully saturated rings. The molecule has 100 valence electrons. The summed E-state index contributed by atoms with van der Waals surface area (Å²) in [6, 6.07) is 4.48. The summed E-state index contributed by atoms with van der Waals surface area (Å²) in [6.45, 7) is 0. The predicted octanol–water partition coefficient (Wildman–Crippen LogP) is 3.02.